The second kappa shape index (κ2) is 8.78. The maximum atomic E-state index is 11.7. The molecule has 0 atom stereocenters. The van der Waals surface area contributed by atoms with Crippen LogP contribution in [-0.4, -0.2) is 41.0 Å². The molecule has 0 bridgehead atoms. The van der Waals surface area contributed by atoms with Crippen LogP contribution in [0.4, 0.5) is 0 Å². The summed E-state index contributed by atoms with van der Waals surface area (Å²) in [6, 6.07) is 9.27. The Morgan fingerprint density at radius 3 is 2.50 bits per heavy atom. The summed E-state index contributed by atoms with van der Waals surface area (Å²) in [5, 5.41) is 16.1. The Kier molecular flexibility index (Phi) is 6.44. The van der Waals surface area contributed by atoms with Crippen LogP contribution in [0.15, 0.2) is 35.7 Å². The van der Waals surface area contributed by atoms with Gasteiger partial charge >= 0.3 is 5.97 Å². The van der Waals surface area contributed by atoms with Crippen LogP contribution in [0.3, 0.4) is 0 Å². The van der Waals surface area contributed by atoms with E-state index in [1.54, 1.807) is 0 Å². The van der Waals surface area contributed by atoms with E-state index in [4.69, 9.17) is 5.11 Å². The van der Waals surface area contributed by atoms with E-state index in [-0.39, 0.29) is 30.5 Å². The van der Waals surface area contributed by atoms with Crippen LogP contribution in [-0.2, 0) is 22.4 Å². The second-order valence-electron chi connectivity index (χ2n) is 4.97. The van der Waals surface area contributed by atoms with Crippen molar-refractivity contribution in [1.82, 2.24) is 15.6 Å². The highest BCUT2D eigenvalue weighted by atomic mass is 32.1. The van der Waals surface area contributed by atoms with Gasteiger partial charge in [0.1, 0.15) is 0 Å². The summed E-state index contributed by atoms with van der Waals surface area (Å²) in [5.74, 6) is -1.59. The summed E-state index contributed by atoms with van der Waals surface area (Å²) in [7, 11) is 0. The quantitative estimate of drug-likeness (QED) is 0.656. The van der Waals surface area contributed by atoms with Crippen LogP contribution in [0.2, 0.25) is 0 Å². The van der Waals surface area contributed by atoms with Gasteiger partial charge in [0.05, 0.1) is 18.0 Å². The second-order valence-corrected chi connectivity index (χ2v) is 5.91. The van der Waals surface area contributed by atoms with Crippen molar-refractivity contribution < 1.29 is 19.5 Å². The van der Waals surface area contributed by atoms with Crippen molar-refractivity contribution in [2.45, 2.75) is 12.8 Å². The van der Waals surface area contributed by atoms with Crippen molar-refractivity contribution in [2.24, 2.45) is 0 Å². The number of carbonyl (C=O) groups is 3. The summed E-state index contributed by atoms with van der Waals surface area (Å²) in [6.07, 6.45) is 0.673. The van der Waals surface area contributed by atoms with Crippen molar-refractivity contribution in [3.63, 3.8) is 0 Å². The Morgan fingerprint density at radius 2 is 1.83 bits per heavy atom. The number of hydrogen-bond acceptors (Lipinski definition) is 5. The molecule has 0 aliphatic heterocycles. The summed E-state index contributed by atoms with van der Waals surface area (Å²) in [6.45, 7) is 0.240. The molecule has 2 amide bonds. The van der Waals surface area contributed by atoms with Crippen molar-refractivity contribution in [3.05, 3.63) is 52.0 Å². The van der Waals surface area contributed by atoms with Gasteiger partial charge in [-0.05, 0) is 5.56 Å². The van der Waals surface area contributed by atoms with Gasteiger partial charge in [0.15, 0.2) is 5.69 Å². The summed E-state index contributed by atoms with van der Waals surface area (Å²) in [5.41, 5.74) is 0.892. The van der Waals surface area contributed by atoms with Crippen molar-refractivity contribution >= 4 is 29.1 Å². The first-order valence-corrected chi connectivity index (χ1v) is 8.17. The Bertz CT molecular complexity index is 715. The summed E-state index contributed by atoms with van der Waals surface area (Å²) in [4.78, 5) is 38.0. The van der Waals surface area contributed by atoms with Gasteiger partial charge in [-0.1, -0.05) is 30.3 Å². The highest BCUT2D eigenvalue weighted by Gasteiger charge is 2.09. The molecule has 8 heteroatoms. The third-order valence-corrected chi connectivity index (χ3v) is 3.99. The first-order chi connectivity index (χ1) is 11.5. The molecular weight excluding hydrogens is 330 g/mol. The number of benzene rings is 1. The monoisotopic (exact) mass is 347 g/mol. The lowest BCUT2D eigenvalue weighted by Gasteiger charge is -2.06. The SMILES string of the molecule is O=C(CNC(=O)Cc1ccccc1)NCCc1nc(C(=O)O)cs1. The minimum Gasteiger partial charge on any atom is -0.476 e. The fourth-order valence-corrected chi connectivity index (χ4v) is 2.69. The minimum atomic E-state index is -1.07. The highest BCUT2D eigenvalue weighted by molar-refractivity contribution is 7.09. The van der Waals surface area contributed by atoms with E-state index in [0.29, 0.717) is 18.0 Å². The van der Waals surface area contributed by atoms with Gasteiger partial charge < -0.3 is 15.7 Å². The zero-order valence-electron chi connectivity index (χ0n) is 12.8. The Balaban J connectivity index is 1.64. The lowest BCUT2D eigenvalue weighted by molar-refractivity contribution is -0.125. The van der Waals surface area contributed by atoms with E-state index in [1.165, 1.54) is 16.7 Å². The predicted molar refractivity (Wildman–Crippen MR) is 88.9 cm³/mol. The molecule has 0 fully saturated rings. The molecule has 24 heavy (non-hydrogen) atoms. The van der Waals surface area contributed by atoms with Gasteiger partial charge in [0.25, 0.3) is 0 Å². The smallest absolute Gasteiger partial charge is 0.355 e. The van der Waals surface area contributed by atoms with Crippen LogP contribution in [0.25, 0.3) is 0 Å². The summed E-state index contributed by atoms with van der Waals surface area (Å²) < 4.78 is 0. The number of aromatic nitrogens is 1. The van der Waals surface area contributed by atoms with E-state index in [1.807, 2.05) is 30.3 Å². The topological polar surface area (TPSA) is 108 Å². The average molecular weight is 347 g/mol. The van der Waals surface area contributed by atoms with Crippen LogP contribution >= 0.6 is 11.3 Å². The lowest BCUT2D eigenvalue weighted by Crippen LogP contribution is -2.38. The lowest BCUT2D eigenvalue weighted by atomic mass is 10.1. The van der Waals surface area contributed by atoms with E-state index in [9.17, 15) is 14.4 Å². The predicted octanol–water partition coefficient (Wildman–Crippen LogP) is 0.859. The Hall–Kier alpha value is -2.74. The Morgan fingerprint density at radius 1 is 1.08 bits per heavy atom. The summed E-state index contributed by atoms with van der Waals surface area (Å²) >= 11 is 1.24. The molecule has 0 spiro atoms. The van der Waals surface area contributed by atoms with Crippen LogP contribution in [0, 0.1) is 0 Å². The zero-order chi connectivity index (χ0) is 17.4. The molecular formula is C16H17N3O4S. The Labute approximate surface area is 142 Å². The van der Waals surface area contributed by atoms with E-state index in [2.05, 4.69) is 15.6 Å². The van der Waals surface area contributed by atoms with E-state index < -0.39 is 5.97 Å². The van der Waals surface area contributed by atoms with Gasteiger partial charge in [-0.2, -0.15) is 0 Å². The molecule has 1 heterocycles. The van der Waals surface area contributed by atoms with Crippen molar-refractivity contribution in [3.8, 4) is 0 Å². The molecule has 2 aromatic rings. The molecule has 0 radical (unpaired) electrons. The number of amides is 2. The van der Waals surface area contributed by atoms with Gasteiger partial charge in [-0.25, -0.2) is 9.78 Å². The molecule has 0 aliphatic rings. The maximum Gasteiger partial charge on any atom is 0.355 e. The third-order valence-electron chi connectivity index (χ3n) is 3.09. The fraction of sp³-hybridized carbons (Fsp3) is 0.250. The minimum absolute atomic E-state index is 0.00880. The molecule has 1 aromatic carbocycles. The molecule has 2 rings (SSSR count). The molecule has 1 aromatic heterocycles. The number of nitrogens with one attached hydrogen (secondary N) is 2. The largest absolute Gasteiger partial charge is 0.476 e. The third kappa shape index (κ3) is 5.81. The number of hydrogen-bond donors (Lipinski definition) is 3. The highest BCUT2D eigenvalue weighted by Crippen LogP contribution is 2.09. The number of aromatic carboxylic acids is 1. The van der Waals surface area contributed by atoms with Gasteiger partial charge in [-0.3, -0.25) is 9.59 Å². The van der Waals surface area contributed by atoms with Crippen molar-refractivity contribution in [2.75, 3.05) is 13.1 Å². The normalized spacial score (nSPS) is 10.2. The first kappa shape index (κ1) is 17.6. The number of carbonyl (C=O) groups excluding carboxylic acids is 2. The van der Waals surface area contributed by atoms with Gasteiger partial charge in [0, 0.05) is 18.3 Å². The van der Waals surface area contributed by atoms with Crippen molar-refractivity contribution in [1.29, 1.82) is 0 Å². The van der Waals surface area contributed by atoms with E-state index in [0.717, 1.165) is 5.56 Å². The number of thiazole rings is 1. The zero-order valence-corrected chi connectivity index (χ0v) is 13.6. The number of carboxylic acid groups (broad SMARTS) is 1. The molecule has 0 saturated heterocycles. The van der Waals surface area contributed by atoms with E-state index >= 15 is 0 Å². The van der Waals surface area contributed by atoms with Gasteiger partial charge in [0.2, 0.25) is 11.8 Å². The molecule has 7 nitrogen and oxygen atoms in total. The fourth-order valence-electron chi connectivity index (χ4n) is 1.92. The molecule has 3 N–H and O–H groups in total. The number of nitrogens with zero attached hydrogens (tertiary/aromatic N) is 1. The first-order valence-electron chi connectivity index (χ1n) is 7.29. The van der Waals surface area contributed by atoms with Crippen LogP contribution in [0.1, 0.15) is 21.1 Å². The average Bonchev–Trinajstić information content (AvgIpc) is 3.03. The molecule has 0 saturated carbocycles. The van der Waals surface area contributed by atoms with Crippen LogP contribution in [0.5, 0.6) is 0 Å². The number of carboxylic acids is 1. The molecule has 0 unspecified atom stereocenters. The maximum absolute atomic E-state index is 11.7. The number of rotatable bonds is 8. The van der Waals surface area contributed by atoms with Crippen LogP contribution < -0.4 is 10.6 Å². The molecule has 126 valence electrons. The standard InChI is InChI=1S/C16H17N3O4S/c20-13(8-11-4-2-1-3-5-11)18-9-14(21)17-7-6-15-19-12(10-24-15)16(22)23/h1-5,10H,6-9H2,(H,17,21)(H,18,20)(H,22,23). The molecule has 0 aliphatic carbocycles. The van der Waals surface area contributed by atoms with Gasteiger partial charge in [-0.15, -0.1) is 11.3 Å².